The second-order valence-corrected chi connectivity index (χ2v) is 4.82. The minimum absolute atomic E-state index is 0. The van der Waals surface area contributed by atoms with Gasteiger partial charge < -0.3 is 44.7 Å². The number of aliphatic hydroxyl groups is 4. The summed E-state index contributed by atoms with van der Waals surface area (Å²) in [6.07, 6.45) is -11.2. The first-order chi connectivity index (χ1) is 10.3. The van der Waals surface area contributed by atoms with Crippen molar-refractivity contribution >= 4 is 110 Å². The Kier molecular flexibility index (Phi) is 15.0. The Bertz CT molecular complexity index is 573. The quantitative estimate of drug-likeness (QED) is 0.191. The first-order valence-electron chi connectivity index (χ1n) is 5.19. The van der Waals surface area contributed by atoms with Crippen LogP contribution in [0, 0.1) is 0 Å². The van der Waals surface area contributed by atoms with Crippen molar-refractivity contribution in [2.75, 3.05) is 0 Å². The Morgan fingerprint density at radius 1 is 0.680 bits per heavy atom. The molecule has 17 heteroatoms. The zero-order chi connectivity index (χ0) is 18.5. The van der Waals surface area contributed by atoms with Gasteiger partial charge in [0.05, 0.1) is 0 Å². The van der Waals surface area contributed by atoms with Gasteiger partial charge in [0.15, 0.2) is 24.4 Å². The molecule has 0 aromatic rings. The first-order valence-corrected chi connectivity index (χ1v) is 6.53. The number of carbonyl (C=O) groups is 4. The summed E-state index contributed by atoms with van der Waals surface area (Å²) in [7, 11) is -5.62. The normalized spacial score (nSPS) is 15.2. The minimum atomic E-state index is -5.62. The fourth-order valence-corrected chi connectivity index (χ4v) is 1.48. The van der Waals surface area contributed by atoms with Crippen molar-refractivity contribution < 1.29 is 72.3 Å². The molecule has 0 aliphatic carbocycles. The van der Waals surface area contributed by atoms with Gasteiger partial charge >= 0.3 is 110 Å². The van der Waals surface area contributed by atoms with Gasteiger partial charge in [0, 0.05) is 0 Å². The third-order valence-corrected chi connectivity index (χ3v) is 2.69. The van der Waals surface area contributed by atoms with Gasteiger partial charge in [0.25, 0.3) is 0 Å². The number of aliphatic carboxylic acids is 2. The van der Waals surface area contributed by atoms with E-state index in [0.29, 0.717) is 0 Å². The molecule has 25 heavy (non-hydrogen) atoms. The predicted molar refractivity (Wildman–Crippen MR) is 76.4 cm³/mol. The maximum Gasteiger partial charge on any atom is 2.00 e. The second kappa shape index (κ2) is 12.6. The summed E-state index contributed by atoms with van der Waals surface area (Å²) in [5.41, 5.74) is 0. The van der Waals surface area contributed by atoms with Crippen molar-refractivity contribution in [1.29, 1.82) is 0 Å². The molecule has 0 amide bonds. The molecular formula is C8H14Ca2O14S. The molecule has 6 N–H and O–H groups in total. The van der Waals surface area contributed by atoms with E-state index in [1.165, 1.54) is 0 Å². The number of carbonyl (C=O) groups excluding carboxylic acids is 2. The van der Waals surface area contributed by atoms with E-state index in [0.717, 1.165) is 0 Å². The van der Waals surface area contributed by atoms with Gasteiger partial charge in [-0.15, -0.1) is 8.42 Å². The Hall–Kier alpha value is 0.189. The van der Waals surface area contributed by atoms with E-state index < -0.39 is 58.7 Å². The van der Waals surface area contributed by atoms with Crippen LogP contribution in [0.3, 0.4) is 0 Å². The molecule has 14 nitrogen and oxygen atoms in total. The summed E-state index contributed by atoms with van der Waals surface area (Å²) >= 11 is 0. The zero-order valence-corrected chi connectivity index (χ0v) is 17.3. The van der Waals surface area contributed by atoms with Crippen LogP contribution in [0.4, 0.5) is 0 Å². The van der Waals surface area contributed by atoms with E-state index in [-0.39, 0.29) is 81.2 Å². The Morgan fingerprint density at radius 3 is 1.12 bits per heavy atom. The molecule has 0 spiro atoms. The molecule has 0 aromatic carbocycles. The van der Waals surface area contributed by atoms with Crippen LogP contribution in [0.1, 0.15) is 5.71 Å². The van der Waals surface area contributed by atoms with E-state index in [9.17, 15) is 27.6 Å². The molecule has 0 heterocycles. The van der Waals surface area contributed by atoms with Crippen molar-refractivity contribution in [1.82, 2.24) is 0 Å². The Morgan fingerprint density at radius 2 is 0.920 bits per heavy atom. The molecular weight excluding hydrogens is 432 g/mol. The van der Waals surface area contributed by atoms with Crippen LogP contribution in [0.15, 0.2) is 0 Å². The van der Waals surface area contributed by atoms with Gasteiger partial charge in [-0.3, -0.25) is 0 Å². The number of carboxylic acid groups (broad SMARTS) is 2. The van der Waals surface area contributed by atoms with Crippen LogP contribution < -0.4 is 0 Å². The molecule has 4 unspecified atom stereocenters. The van der Waals surface area contributed by atoms with E-state index in [1.807, 2.05) is 0 Å². The minimum Gasteiger partial charge on any atom is -1.00 e. The maximum atomic E-state index is 11.1. The van der Waals surface area contributed by atoms with Crippen molar-refractivity contribution in [3.63, 3.8) is 0 Å². The summed E-state index contributed by atoms with van der Waals surface area (Å²) in [5.74, 6) is -8.71. The summed E-state index contributed by atoms with van der Waals surface area (Å²) < 4.78 is 29.0. The number of hydrogen-bond acceptors (Lipinski definition) is 12. The monoisotopic (exact) mass is 446 g/mol. The SMILES string of the molecule is O=C(O)C(O)C(O)C(=O)OS(=O)(=O)OC(=O)C(O)C(O)C(=O)O.[Ca+2].[Ca+2].[H-].[H-].[H-].[H-]. The fraction of sp³-hybridized carbons (Fsp3) is 0.500. The molecule has 0 aliphatic heterocycles. The van der Waals surface area contributed by atoms with Gasteiger partial charge in [-0.2, -0.15) is 0 Å². The van der Waals surface area contributed by atoms with Gasteiger partial charge in [0.2, 0.25) is 0 Å². The Balaban J connectivity index is -0.000000161. The van der Waals surface area contributed by atoms with Crippen molar-refractivity contribution in [3.05, 3.63) is 0 Å². The van der Waals surface area contributed by atoms with Gasteiger partial charge in [0.1, 0.15) is 0 Å². The van der Waals surface area contributed by atoms with Crippen molar-refractivity contribution in [2.24, 2.45) is 0 Å². The topological polar surface area (TPSA) is 242 Å². The van der Waals surface area contributed by atoms with Gasteiger partial charge in [-0.1, -0.05) is 0 Å². The average molecular weight is 446 g/mol. The van der Waals surface area contributed by atoms with E-state index in [4.69, 9.17) is 30.6 Å². The molecule has 0 aromatic heterocycles. The fourth-order valence-electron chi connectivity index (χ4n) is 0.845. The molecule has 0 fully saturated rings. The first kappa shape index (κ1) is 29.9. The van der Waals surface area contributed by atoms with Crippen LogP contribution in [-0.2, 0) is 37.9 Å². The number of rotatable bonds is 8. The van der Waals surface area contributed by atoms with E-state index >= 15 is 0 Å². The number of carboxylic acids is 2. The number of hydrogen-bond donors (Lipinski definition) is 6. The molecule has 0 radical (unpaired) electrons. The standard InChI is InChI=1S/C8H10O14S.2Ca.4H/c9-1(5(13)14)3(11)7(17)21-23(19,20)22-8(18)4(12)2(10)6(15)16;;;;;;/h1-4,9-12H,(H,13,14)(H,15,16);;;;;;/q;2*+2;4*-1. The molecule has 0 rings (SSSR count). The van der Waals surface area contributed by atoms with Gasteiger partial charge in [-0.25, -0.2) is 19.2 Å². The molecule has 140 valence electrons. The van der Waals surface area contributed by atoms with Crippen LogP contribution in [0.2, 0.25) is 0 Å². The predicted octanol–water partition coefficient (Wildman–Crippen LogP) is -5.38. The third kappa shape index (κ3) is 10.2. The molecule has 0 saturated carbocycles. The number of aliphatic hydroxyl groups excluding tert-OH is 4. The Labute approximate surface area is 204 Å². The average Bonchev–Trinajstić information content (AvgIpc) is 2.42. The summed E-state index contributed by atoms with van der Waals surface area (Å²) in [4.78, 5) is 42.5. The van der Waals surface area contributed by atoms with Crippen LogP contribution in [0.5, 0.6) is 0 Å². The molecule has 0 saturated heterocycles. The maximum absolute atomic E-state index is 11.1. The summed E-state index contributed by atoms with van der Waals surface area (Å²) in [6.45, 7) is 0. The smallest absolute Gasteiger partial charge is 1.00 e. The summed E-state index contributed by atoms with van der Waals surface area (Å²) in [6, 6.07) is 0. The summed E-state index contributed by atoms with van der Waals surface area (Å²) in [5, 5.41) is 52.0. The zero-order valence-electron chi connectivity index (χ0n) is 16.1. The molecule has 0 bridgehead atoms. The second-order valence-electron chi connectivity index (χ2n) is 3.67. The van der Waals surface area contributed by atoms with Crippen LogP contribution in [0.25, 0.3) is 0 Å². The molecule has 4 atom stereocenters. The van der Waals surface area contributed by atoms with Crippen LogP contribution in [-0.4, -0.2) is 163 Å². The van der Waals surface area contributed by atoms with Crippen molar-refractivity contribution in [3.8, 4) is 0 Å². The van der Waals surface area contributed by atoms with E-state index in [1.54, 1.807) is 0 Å². The third-order valence-electron chi connectivity index (χ3n) is 1.96. The van der Waals surface area contributed by atoms with E-state index in [2.05, 4.69) is 8.37 Å². The van der Waals surface area contributed by atoms with Crippen LogP contribution >= 0.6 is 0 Å². The van der Waals surface area contributed by atoms with Crippen molar-refractivity contribution in [2.45, 2.75) is 24.4 Å². The molecule has 0 aliphatic rings. The largest absolute Gasteiger partial charge is 2.00 e. The van der Waals surface area contributed by atoms with Gasteiger partial charge in [-0.05, 0) is 0 Å².